The van der Waals surface area contributed by atoms with E-state index in [-0.39, 0.29) is 12.2 Å². The van der Waals surface area contributed by atoms with Crippen LogP contribution in [0.3, 0.4) is 0 Å². The molecule has 5 nitrogen and oxygen atoms in total. The van der Waals surface area contributed by atoms with Gasteiger partial charge in [0.05, 0.1) is 20.8 Å². The highest BCUT2D eigenvalue weighted by molar-refractivity contribution is 6.01. The Morgan fingerprint density at radius 2 is 1.72 bits per heavy atom. The van der Waals surface area contributed by atoms with Gasteiger partial charge in [0, 0.05) is 13.5 Å². The second-order valence-corrected chi connectivity index (χ2v) is 3.77. The van der Waals surface area contributed by atoms with Crippen LogP contribution in [0.25, 0.3) is 0 Å². The summed E-state index contributed by atoms with van der Waals surface area (Å²) in [4.78, 5) is 12.0. The Balaban J connectivity index is 3.25. The summed E-state index contributed by atoms with van der Waals surface area (Å²) in [6, 6.07) is 3.55. The highest BCUT2D eigenvalue weighted by Gasteiger charge is 2.19. The maximum absolute atomic E-state index is 12.0. The minimum atomic E-state index is -0.0878. The number of ether oxygens (including phenoxy) is 3. The summed E-state index contributed by atoms with van der Waals surface area (Å²) in [5.74, 6) is 0.884. The van der Waals surface area contributed by atoms with Crippen LogP contribution >= 0.6 is 0 Å². The summed E-state index contributed by atoms with van der Waals surface area (Å²) >= 11 is 0. The molecule has 100 valence electrons. The van der Waals surface area contributed by atoms with E-state index < -0.39 is 0 Å². The van der Waals surface area contributed by atoms with Gasteiger partial charge in [0.2, 0.25) is 0 Å². The molecule has 1 aromatic carbocycles. The van der Waals surface area contributed by atoms with Crippen LogP contribution in [0.15, 0.2) is 12.1 Å². The molecular formula is C13H19NO4. The number of nitrogens with two attached hydrogens (primary N) is 1. The van der Waals surface area contributed by atoms with Gasteiger partial charge < -0.3 is 19.9 Å². The van der Waals surface area contributed by atoms with Crippen molar-refractivity contribution in [2.45, 2.75) is 13.0 Å². The number of benzene rings is 1. The molecule has 0 radical (unpaired) electrons. The van der Waals surface area contributed by atoms with Gasteiger partial charge in [-0.05, 0) is 24.2 Å². The Kier molecular flexibility index (Phi) is 5.61. The number of carbonyl (C=O) groups is 1. The van der Waals surface area contributed by atoms with Crippen molar-refractivity contribution in [2.24, 2.45) is 5.73 Å². The molecular weight excluding hydrogens is 234 g/mol. The zero-order chi connectivity index (χ0) is 13.5. The van der Waals surface area contributed by atoms with Crippen LogP contribution in [0.1, 0.15) is 22.3 Å². The molecule has 2 N–H and O–H groups in total. The first-order valence-corrected chi connectivity index (χ1v) is 5.65. The van der Waals surface area contributed by atoms with Crippen LogP contribution in [0, 0.1) is 0 Å². The Morgan fingerprint density at radius 3 is 2.11 bits per heavy atom. The maximum atomic E-state index is 12.0. The number of methoxy groups -OCH3 is 3. The number of hydrogen-bond acceptors (Lipinski definition) is 5. The van der Waals surface area contributed by atoms with Gasteiger partial charge >= 0.3 is 0 Å². The van der Waals surface area contributed by atoms with Crippen molar-refractivity contribution in [1.29, 1.82) is 0 Å². The summed E-state index contributed by atoms with van der Waals surface area (Å²) in [6.45, 7) is 0.725. The minimum Gasteiger partial charge on any atom is -0.496 e. The number of rotatable bonds is 7. The van der Waals surface area contributed by atoms with Gasteiger partial charge in [-0.3, -0.25) is 4.79 Å². The van der Waals surface area contributed by atoms with Gasteiger partial charge in [0.15, 0.2) is 5.78 Å². The van der Waals surface area contributed by atoms with Crippen molar-refractivity contribution >= 4 is 5.78 Å². The standard InChI is InChI=1S/C13H19NO4/c1-16-8-9-6-11(17-2)13(10(15)4-5-14)12(7-9)18-3/h6-7H,4-5,8,14H2,1-3H3. The van der Waals surface area contributed by atoms with E-state index in [9.17, 15) is 4.79 Å². The number of ketones is 1. The first kappa shape index (κ1) is 14.5. The van der Waals surface area contributed by atoms with Crippen LogP contribution in [0.2, 0.25) is 0 Å². The van der Waals surface area contributed by atoms with Crippen LogP contribution < -0.4 is 15.2 Å². The predicted octanol–water partition coefficient (Wildman–Crippen LogP) is 1.38. The molecule has 0 fully saturated rings. The van der Waals surface area contributed by atoms with Crippen molar-refractivity contribution in [1.82, 2.24) is 0 Å². The van der Waals surface area contributed by atoms with Crippen molar-refractivity contribution in [3.05, 3.63) is 23.3 Å². The van der Waals surface area contributed by atoms with E-state index in [1.807, 2.05) is 0 Å². The van der Waals surface area contributed by atoms with Crippen LogP contribution in [0.4, 0.5) is 0 Å². The lowest BCUT2D eigenvalue weighted by Gasteiger charge is -2.14. The zero-order valence-corrected chi connectivity index (χ0v) is 11.0. The number of Topliss-reactive ketones (excluding diaryl/α,β-unsaturated/α-hetero) is 1. The quantitative estimate of drug-likeness (QED) is 0.743. The highest BCUT2D eigenvalue weighted by atomic mass is 16.5. The van der Waals surface area contributed by atoms with Gasteiger partial charge in [-0.2, -0.15) is 0 Å². The van der Waals surface area contributed by atoms with Crippen molar-refractivity contribution in [3.8, 4) is 11.5 Å². The number of hydrogen-bond donors (Lipinski definition) is 1. The van der Waals surface area contributed by atoms with Gasteiger partial charge in [-0.1, -0.05) is 0 Å². The summed E-state index contributed by atoms with van der Waals surface area (Å²) in [7, 11) is 4.64. The molecule has 1 aromatic rings. The van der Waals surface area contributed by atoms with Crippen molar-refractivity contribution in [2.75, 3.05) is 27.9 Å². The predicted molar refractivity (Wildman–Crippen MR) is 68.3 cm³/mol. The van der Waals surface area contributed by atoms with Gasteiger partial charge in [-0.15, -0.1) is 0 Å². The van der Waals surface area contributed by atoms with Gasteiger partial charge in [0.1, 0.15) is 17.1 Å². The molecule has 1 rings (SSSR count). The molecule has 0 aliphatic heterocycles. The lowest BCUT2D eigenvalue weighted by Crippen LogP contribution is -2.11. The Labute approximate surface area is 107 Å². The lowest BCUT2D eigenvalue weighted by atomic mass is 10.0. The van der Waals surface area contributed by atoms with E-state index in [0.717, 1.165) is 5.56 Å². The Hall–Kier alpha value is -1.59. The third-order valence-corrected chi connectivity index (χ3v) is 2.53. The van der Waals surface area contributed by atoms with Crippen molar-refractivity contribution < 1.29 is 19.0 Å². The van der Waals surface area contributed by atoms with E-state index >= 15 is 0 Å². The second-order valence-electron chi connectivity index (χ2n) is 3.77. The third-order valence-electron chi connectivity index (χ3n) is 2.53. The summed E-state index contributed by atoms with van der Waals surface area (Å²) in [5, 5.41) is 0. The van der Waals surface area contributed by atoms with Crippen LogP contribution in [-0.4, -0.2) is 33.7 Å². The molecule has 0 amide bonds. The molecule has 0 atom stereocenters. The first-order valence-electron chi connectivity index (χ1n) is 5.65. The maximum Gasteiger partial charge on any atom is 0.171 e. The lowest BCUT2D eigenvalue weighted by molar-refractivity contribution is 0.0979. The monoisotopic (exact) mass is 253 g/mol. The van der Waals surface area contributed by atoms with E-state index in [1.54, 1.807) is 19.2 Å². The fourth-order valence-corrected chi connectivity index (χ4v) is 1.75. The SMILES string of the molecule is COCc1cc(OC)c(C(=O)CCN)c(OC)c1. The molecule has 5 heteroatoms. The molecule has 0 aliphatic rings. The zero-order valence-electron chi connectivity index (χ0n) is 11.0. The smallest absolute Gasteiger partial charge is 0.171 e. The van der Waals surface area contributed by atoms with E-state index in [2.05, 4.69) is 0 Å². The van der Waals surface area contributed by atoms with E-state index in [0.29, 0.717) is 30.2 Å². The average Bonchev–Trinajstić information content (AvgIpc) is 2.38. The van der Waals surface area contributed by atoms with Crippen LogP contribution in [0.5, 0.6) is 11.5 Å². The molecule has 18 heavy (non-hydrogen) atoms. The van der Waals surface area contributed by atoms with Crippen molar-refractivity contribution in [3.63, 3.8) is 0 Å². The molecule has 0 saturated carbocycles. The van der Waals surface area contributed by atoms with Crippen LogP contribution in [-0.2, 0) is 11.3 Å². The fourth-order valence-electron chi connectivity index (χ4n) is 1.75. The summed E-state index contributed by atoms with van der Waals surface area (Å²) < 4.78 is 15.5. The topological polar surface area (TPSA) is 70.8 Å². The molecule has 0 saturated heterocycles. The largest absolute Gasteiger partial charge is 0.496 e. The second kappa shape index (κ2) is 6.98. The highest BCUT2D eigenvalue weighted by Crippen LogP contribution is 2.31. The molecule has 0 aliphatic carbocycles. The molecule has 0 heterocycles. The Morgan fingerprint density at radius 1 is 1.17 bits per heavy atom. The summed E-state index contributed by atoms with van der Waals surface area (Å²) in [5.41, 5.74) is 6.73. The molecule has 0 aromatic heterocycles. The first-order chi connectivity index (χ1) is 8.67. The molecule has 0 unspecified atom stereocenters. The normalized spacial score (nSPS) is 10.2. The third kappa shape index (κ3) is 3.21. The Bertz CT molecular complexity index is 392. The minimum absolute atomic E-state index is 0.0878. The summed E-state index contributed by atoms with van der Waals surface area (Å²) in [6.07, 6.45) is 0.260. The molecule has 0 spiro atoms. The van der Waals surface area contributed by atoms with E-state index in [1.165, 1.54) is 14.2 Å². The average molecular weight is 253 g/mol. The van der Waals surface area contributed by atoms with Gasteiger partial charge in [-0.25, -0.2) is 0 Å². The van der Waals surface area contributed by atoms with E-state index in [4.69, 9.17) is 19.9 Å². The number of carbonyl (C=O) groups excluding carboxylic acids is 1. The van der Waals surface area contributed by atoms with Gasteiger partial charge in [0.25, 0.3) is 0 Å². The fraction of sp³-hybridized carbons (Fsp3) is 0.462. The molecule has 0 bridgehead atoms.